The van der Waals surface area contributed by atoms with Gasteiger partial charge in [-0.1, -0.05) is 18.6 Å². The third-order valence-corrected chi connectivity index (χ3v) is 5.28. The van der Waals surface area contributed by atoms with E-state index < -0.39 is 0 Å². The molecule has 3 aliphatic rings. The molecule has 0 radical (unpaired) electrons. The summed E-state index contributed by atoms with van der Waals surface area (Å²) in [5.74, 6) is 0.136. The zero-order chi connectivity index (χ0) is 15.2. The van der Waals surface area contributed by atoms with Gasteiger partial charge < -0.3 is 4.79 Å². The maximum Gasteiger partial charge on any atom is 0.123 e. The minimum atomic E-state index is -0.0194. The molecule has 0 saturated heterocycles. The van der Waals surface area contributed by atoms with Crippen molar-refractivity contribution in [2.45, 2.75) is 32.6 Å². The molecule has 1 unspecified atom stereocenters. The Kier molecular flexibility index (Phi) is 2.99. The molecule has 4 nitrogen and oxygen atoms in total. The molecular formula is C18H19N3O. The van der Waals surface area contributed by atoms with E-state index in [2.05, 4.69) is 35.2 Å². The largest absolute Gasteiger partial charge is 0.303 e. The van der Waals surface area contributed by atoms with E-state index in [-0.39, 0.29) is 11.3 Å². The number of nitrogens with zero attached hydrogens (tertiary/aromatic N) is 3. The number of allylic oxidation sites excluding steroid dienone is 4. The summed E-state index contributed by atoms with van der Waals surface area (Å²) in [4.78, 5) is 15.7. The van der Waals surface area contributed by atoms with E-state index in [0.29, 0.717) is 0 Å². The average molecular weight is 293 g/mol. The summed E-state index contributed by atoms with van der Waals surface area (Å²) in [7, 11) is 0. The lowest BCUT2D eigenvalue weighted by Crippen LogP contribution is -2.29. The van der Waals surface area contributed by atoms with Gasteiger partial charge in [-0.25, -0.2) is 4.68 Å². The Hall–Kier alpha value is -2.23. The molecule has 2 heterocycles. The first kappa shape index (κ1) is 13.4. The second-order valence-corrected chi connectivity index (χ2v) is 6.54. The zero-order valence-corrected chi connectivity index (χ0v) is 12.7. The van der Waals surface area contributed by atoms with Gasteiger partial charge in [0.15, 0.2) is 0 Å². The molecule has 22 heavy (non-hydrogen) atoms. The standard InChI is InChI=1S/C18H19N3O/c1-18-9-13-10-20-21(16-4-2-3-7-19-11-16)17(13)8-14(18)5-6-15(18)12-22/h2,4,7-8,10-12,15H,3,5-6,9H2,1H3/t15?,18-/m0/s1. The van der Waals surface area contributed by atoms with Crippen molar-refractivity contribution in [3.63, 3.8) is 0 Å². The lowest BCUT2D eigenvalue weighted by molar-refractivity contribution is -0.113. The van der Waals surface area contributed by atoms with Crippen LogP contribution >= 0.6 is 0 Å². The van der Waals surface area contributed by atoms with Crippen LogP contribution in [0, 0.1) is 11.3 Å². The van der Waals surface area contributed by atoms with E-state index in [1.54, 1.807) is 0 Å². The molecule has 0 amide bonds. The van der Waals surface area contributed by atoms with Crippen LogP contribution < -0.4 is 0 Å². The molecule has 1 fully saturated rings. The van der Waals surface area contributed by atoms with Crippen LogP contribution in [0.3, 0.4) is 0 Å². The quantitative estimate of drug-likeness (QED) is 0.786. The molecule has 112 valence electrons. The first-order chi connectivity index (χ1) is 10.7. The average Bonchev–Trinajstić information content (AvgIpc) is 2.92. The van der Waals surface area contributed by atoms with Crippen molar-refractivity contribution in [3.05, 3.63) is 41.4 Å². The molecule has 2 aliphatic carbocycles. The van der Waals surface area contributed by atoms with E-state index in [0.717, 1.165) is 43.4 Å². The van der Waals surface area contributed by atoms with Gasteiger partial charge in [-0.2, -0.15) is 5.10 Å². The normalized spacial score (nSPS) is 29.4. The summed E-state index contributed by atoms with van der Waals surface area (Å²) >= 11 is 0. The fraction of sp³-hybridized carbons (Fsp3) is 0.389. The highest BCUT2D eigenvalue weighted by Gasteiger charge is 2.45. The lowest BCUT2D eigenvalue weighted by atomic mass is 9.70. The van der Waals surface area contributed by atoms with E-state index in [1.807, 2.05) is 23.3 Å². The fourth-order valence-corrected chi connectivity index (χ4v) is 3.91. The SMILES string of the molecule is C[C@]12Cc3cnn(C4=CN=CCC=C4)c3C=C1CCC2C=O. The molecule has 0 aromatic carbocycles. The van der Waals surface area contributed by atoms with Crippen molar-refractivity contribution < 1.29 is 4.79 Å². The van der Waals surface area contributed by atoms with E-state index in [9.17, 15) is 4.79 Å². The summed E-state index contributed by atoms with van der Waals surface area (Å²) in [6.45, 7) is 2.22. The van der Waals surface area contributed by atoms with Gasteiger partial charge in [0.2, 0.25) is 0 Å². The molecule has 1 saturated carbocycles. The van der Waals surface area contributed by atoms with Gasteiger partial charge in [-0.15, -0.1) is 0 Å². The molecule has 4 rings (SSSR count). The van der Waals surface area contributed by atoms with E-state index >= 15 is 0 Å². The molecule has 4 heteroatoms. The van der Waals surface area contributed by atoms with Crippen molar-refractivity contribution in [2.75, 3.05) is 0 Å². The van der Waals surface area contributed by atoms with E-state index in [4.69, 9.17) is 0 Å². The lowest BCUT2D eigenvalue weighted by Gasteiger charge is -2.33. The monoisotopic (exact) mass is 293 g/mol. The molecule has 1 aliphatic heterocycles. The predicted octanol–water partition coefficient (Wildman–Crippen LogP) is 3.27. The maximum atomic E-state index is 11.4. The molecule has 1 aromatic rings. The third-order valence-electron chi connectivity index (χ3n) is 5.28. The Morgan fingerprint density at radius 1 is 1.45 bits per heavy atom. The van der Waals surface area contributed by atoms with Gasteiger partial charge in [0.05, 0.1) is 23.8 Å². The third kappa shape index (κ3) is 1.86. The van der Waals surface area contributed by atoms with Gasteiger partial charge >= 0.3 is 0 Å². The molecule has 1 aromatic heterocycles. The number of aromatic nitrogens is 2. The number of aldehydes is 1. The van der Waals surface area contributed by atoms with Crippen LogP contribution in [-0.4, -0.2) is 22.3 Å². The number of carbonyl (C=O) groups is 1. The van der Waals surface area contributed by atoms with Crippen molar-refractivity contribution in [3.8, 4) is 0 Å². The molecule has 2 atom stereocenters. The zero-order valence-electron chi connectivity index (χ0n) is 12.7. The Bertz CT molecular complexity index is 750. The Balaban J connectivity index is 1.79. The first-order valence-corrected chi connectivity index (χ1v) is 7.84. The van der Waals surface area contributed by atoms with Crippen LogP contribution in [-0.2, 0) is 11.2 Å². The highest BCUT2D eigenvalue weighted by molar-refractivity contribution is 5.72. The highest BCUT2D eigenvalue weighted by atomic mass is 16.1. The molecular weight excluding hydrogens is 274 g/mol. The molecule has 0 spiro atoms. The second kappa shape index (κ2) is 4.90. The maximum absolute atomic E-state index is 11.4. The van der Waals surface area contributed by atoms with E-state index in [1.165, 1.54) is 11.1 Å². The summed E-state index contributed by atoms with van der Waals surface area (Å²) in [5, 5.41) is 4.56. The first-order valence-electron chi connectivity index (χ1n) is 7.84. The van der Waals surface area contributed by atoms with Crippen LogP contribution in [0.25, 0.3) is 11.8 Å². The van der Waals surface area contributed by atoms with Gasteiger partial charge in [0, 0.05) is 24.0 Å². The van der Waals surface area contributed by atoms with Crippen molar-refractivity contribution in [1.82, 2.24) is 9.78 Å². The number of hydrogen-bond acceptors (Lipinski definition) is 3. The summed E-state index contributed by atoms with van der Waals surface area (Å²) < 4.78 is 1.97. The number of fused-ring (bicyclic) bond motifs is 2. The smallest absolute Gasteiger partial charge is 0.123 e. The van der Waals surface area contributed by atoms with Crippen LogP contribution in [0.2, 0.25) is 0 Å². The number of aliphatic imine (C=N–C) groups is 1. The Morgan fingerprint density at radius 3 is 3.23 bits per heavy atom. The Morgan fingerprint density at radius 2 is 2.36 bits per heavy atom. The minimum absolute atomic E-state index is 0.0194. The highest BCUT2D eigenvalue weighted by Crippen LogP contribution is 2.52. The summed E-state index contributed by atoms with van der Waals surface area (Å²) in [6.07, 6.45) is 17.0. The van der Waals surface area contributed by atoms with Crippen LogP contribution in [0.5, 0.6) is 0 Å². The second-order valence-electron chi connectivity index (χ2n) is 6.54. The number of carbonyl (C=O) groups excluding carboxylic acids is 1. The Labute approximate surface area is 129 Å². The molecule has 0 N–H and O–H groups in total. The van der Waals surface area contributed by atoms with Gasteiger partial charge in [-0.05, 0) is 37.0 Å². The summed E-state index contributed by atoms with van der Waals surface area (Å²) in [5.41, 5.74) is 4.73. The van der Waals surface area contributed by atoms with Gasteiger partial charge in [-0.3, -0.25) is 4.99 Å². The van der Waals surface area contributed by atoms with Crippen molar-refractivity contribution in [2.24, 2.45) is 16.3 Å². The van der Waals surface area contributed by atoms with Gasteiger partial charge in [0.25, 0.3) is 0 Å². The minimum Gasteiger partial charge on any atom is -0.303 e. The number of hydrogen-bond donors (Lipinski definition) is 0. The predicted molar refractivity (Wildman–Crippen MR) is 87.3 cm³/mol. The van der Waals surface area contributed by atoms with Gasteiger partial charge in [0.1, 0.15) is 6.29 Å². The van der Waals surface area contributed by atoms with Crippen LogP contribution in [0.4, 0.5) is 0 Å². The van der Waals surface area contributed by atoms with Crippen LogP contribution in [0.1, 0.15) is 37.4 Å². The van der Waals surface area contributed by atoms with Crippen molar-refractivity contribution >= 4 is 24.3 Å². The van der Waals surface area contributed by atoms with Crippen LogP contribution in [0.15, 0.2) is 35.1 Å². The van der Waals surface area contributed by atoms with Crippen molar-refractivity contribution in [1.29, 1.82) is 0 Å². The molecule has 0 bridgehead atoms. The number of rotatable bonds is 2. The topological polar surface area (TPSA) is 47.2 Å². The summed E-state index contributed by atoms with van der Waals surface area (Å²) in [6, 6.07) is 0. The fourth-order valence-electron chi connectivity index (χ4n) is 3.91.